The van der Waals surface area contributed by atoms with Gasteiger partial charge in [-0.05, 0) is 80.3 Å². The van der Waals surface area contributed by atoms with Crippen molar-refractivity contribution in [2.75, 3.05) is 0 Å². The van der Waals surface area contributed by atoms with Gasteiger partial charge in [0.05, 0.1) is 17.1 Å². The van der Waals surface area contributed by atoms with Crippen LogP contribution < -0.4 is 0 Å². The summed E-state index contributed by atoms with van der Waals surface area (Å²) in [6.07, 6.45) is 0. The van der Waals surface area contributed by atoms with E-state index in [2.05, 4.69) is 75.5 Å². The van der Waals surface area contributed by atoms with Gasteiger partial charge in [-0.1, -0.05) is 48.0 Å². The van der Waals surface area contributed by atoms with Gasteiger partial charge in [-0.25, -0.2) is 9.67 Å². The summed E-state index contributed by atoms with van der Waals surface area (Å²) < 4.78 is 1.97. The molecule has 0 aliphatic rings. The largest absolute Gasteiger partial charge is 0.218 e. The van der Waals surface area contributed by atoms with Crippen molar-refractivity contribution in [2.24, 2.45) is 0 Å². The second kappa shape index (κ2) is 8.62. The number of nitrogens with zero attached hydrogens (tertiary/aromatic N) is 3. The fourth-order valence-electron chi connectivity index (χ4n) is 3.79. The van der Waals surface area contributed by atoms with Gasteiger partial charge in [0.1, 0.15) is 0 Å². The van der Waals surface area contributed by atoms with E-state index in [-0.39, 0.29) is 0 Å². The second-order valence-corrected chi connectivity index (χ2v) is 9.72. The number of thiazole rings is 1. The quantitative estimate of drug-likeness (QED) is 0.265. The summed E-state index contributed by atoms with van der Waals surface area (Å²) in [5, 5.41) is 8.64. The van der Waals surface area contributed by atoms with Gasteiger partial charge in [0.25, 0.3) is 0 Å². The van der Waals surface area contributed by atoms with Crippen molar-refractivity contribution >= 4 is 22.9 Å². The maximum atomic E-state index is 6.06. The van der Waals surface area contributed by atoms with E-state index < -0.39 is 0 Å². The molecule has 2 aromatic heterocycles. The van der Waals surface area contributed by atoms with E-state index in [4.69, 9.17) is 21.7 Å². The van der Waals surface area contributed by atoms with Crippen LogP contribution in [0.3, 0.4) is 0 Å². The molecular formula is C28H24ClN3S. The molecule has 0 spiro atoms. The third-order valence-electron chi connectivity index (χ3n) is 6.13. The Morgan fingerprint density at radius 3 is 1.94 bits per heavy atom. The first kappa shape index (κ1) is 21.6. The van der Waals surface area contributed by atoms with Crippen molar-refractivity contribution in [3.05, 3.63) is 99.4 Å². The maximum Gasteiger partial charge on any atom is 0.211 e. The van der Waals surface area contributed by atoms with Crippen LogP contribution >= 0.6 is 22.9 Å². The molecule has 5 aromatic rings. The summed E-state index contributed by atoms with van der Waals surface area (Å²) in [5.74, 6) is 0. The first-order valence-electron chi connectivity index (χ1n) is 10.9. The maximum absolute atomic E-state index is 6.06. The third-order valence-corrected chi connectivity index (χ3v) is 7.20. The van der Waals surface area contributed by atoms with E-state index >= 15 is 0 Å². The molecule has 0 unspecified atom stereocenters. The van der Waals surface area contributed by atoms with E-state index in [0.29, 0.717) is 0 Å². The van der Waals surface area contributed by atoms with Gasteiger partial charge in [-0.15, -0.1) is 11.3 Å². The van der Waals surface area contributed by atoms with Gasteiger partial charge >= 0.3 is 0 Å². The molecule has 33 heavy (non-hydrogen) atoms. The average molecular weight is 470 g/mol. The highest BCUT2D eigenvalue weighted by Crippen LogP contribution is 2.33. The second-order valence-electron chi connectivity index (χ2n) is 8.45. The average Bonchev–Trinajstić information content (AvgIpc) is 3.46. The number of aromatic nitrogens is 3. The Morgan fingerprint density at radius 1 is 0.667 bits per heavy atom. The Hall–Kier alpha value is -3.21. The van der Waals surface area contributed by atoms with Crippen LogP contribution in [-0.4, -0.2) is 14.8 Å². The lowest BCUT2D eigenvalue weighted by Gasteiger charge is -2.07. The van der Waals surface area contributed by atoms with Gasteiger partial charge < -0.3 is 0 Å². The summed E-state index contributed by atoms with van der Waals surface area (Å²) in [6, 6.07) is 23.0. The van der Waals surface area contributed by atoms with Crippen LogP contribution in [0.5, 0.6) is 0 Å². The van der Waals surface area contributed by atoms with E-state index in [0.717, 1.165) is 43.9 Å². The predicted octanol–water partition coefficient (Wildman–Crippen LogP) is 8.22. The van der Waals surface area contributed by atoms with Crippen molar-refractivity contribution in [3.8, 4) is 38.9 Å². The number of hydrogen-bond acceptors (Lipinski definition) is 3. The van der Waals surface area contributed by atoms with Gasteiger partial charge in [-0.3, -0.25) is 0 Å². The molecular weight excluding hydrogens is 446 g/mol. The molecule has 0 aliphatic carbocycles. The van der Waals surface area contributed by atoms with Crippen LogP contribution in [0.2, 0.25) is 5.02 Å². The summed E-state index contributed by atoms with van der Waals surface area (Å²) >= 11 is 7.65. The van der Waals surface area contributed by atoms with Crippen molar-refractivity contribution in [1.82, 2.24) is 14.8 Å². The van der Waals surface area contributed by atoms with E-state index in [9.17, 15) is 0 Å². The molecule has 0 amide bonds. The van der Waals surface area contributed by atoms with E-state index in [1.165, 1.54) is 22.3 Å². The fourth-order valence-corrected chi connectivity index (χ4v) is 4.71. The topological polar surface area (TPSA) is 30.7 Å². The molecule has 0 aliphatic heterocycles. The van der Waals surface area contributed by atoms with Crippen LogP contribution in [-0.2, 0) is 0 Å². The smallest absolute Gasteiger partial charge is 0.211 e. The molecule has 0 bridgehead atoms. The van der Waals surface area contributed by atoms with Gasteiger partial charge in [0.2, 0.25) is 5.13 Å². The zero-order valence-corrected chi connectivity index (χ0v) is 20.6. The highest BCUT2D eigenvalue weighted by Gasteiger charge is 2.17. The lowest BCUT2D eigenvalue weighted by atomic mass is 10.0. The molecule has 3 nitrogen and oxygen atoms in total. The highest BCUT2D eigenvalue weighted by molar-refractivity contribution is 7.12. The Balaban J connectivity index is 1.65. The van der Waals surface area contributed by atoms with Crippen LogP contribution in [0.25, 0.3) is 38.9 Å². The molecule has 2 heterocycles. The summed E-state index contributed by atoms with van der Waals surface area (Å²) in [6.45, 7) is 8.55. The van der Waals surface area contributed by atoms with Crippen molar-refractivity contribution in [3.63, 3.8) is 0 Å². The minimum absolute atomic E-state index is 0.719. The minimum Gasteiger partial charge on any atom is -0.218 e. The molecule has 5 heteroatoms. The first-order chi connectivity index (χ1) is 15.9. The van der Waals surface area contributed by atoms with E-state index in [1.54, 1.807) is 11.3 Å². The molecule has 0 N–H and O–H groups in total. The molecule has 0 atom stereocenters. The fraction of sp³-hybridized carbons (Fsp3) is 0.143. The van der Waals surface area contributed by atoms with Gasteiger partial charge in [-0.2, -0.15) is 5.10 Å². The Morgan fingerprint density at radius 2 is 1.27 bits per heavy atom. The molecule has 5 rings (SSSR count). The third kappa shape index (κ3) is 4.24. The number of halogens is 1. The predicted molar refractivity (Wildman–Crippen MR) is 140 cm³/mol. The van der Waals surface area contributed by atoms with Crippen LogP contribution in [0.4, 0.5) is 0 Å². The summed E-state index contributed by atoms with van der Waals surface area (Å²) in [5.41, 5.74) is 11.2. The molecule has 0 radical (unpaired) electrons. The van der Waals surface area contributed by atoms with Crippen LogP contribution in [0.15, 0.2) is 72.1 Å². The Kier molecular flexibility index (Phi) is 5.65. The summed E-state index contributed by atoms with van der Waals surface area (Å²) in [7, 11) is 0. The molecule has 3 aromatic carbocycles. The zero-order chi connectivity index (χ0) is 23.1. The first-order valence-corrected chi connectivity index (χ1v) is 12.1. The highest BCUT2D eigenvalue weighted by atomic mass is 35.5. The monoisotopic (exact) mass is 469 g/mol. The number of aryl methyl sites for hydroxylation is 4. The zero-order valence-electron chi connectivity index (χ0n) is 19.1. The Bertz CT molecular complexity index is 1460. The van der Waals surface area contributed by atoms with Crippen molar-refractivity contribution in [2.45, 2.75) is 27.7 Å². The normalized spacial score (nSPS) is 11.2. The lowest BCUT2D eigenvalue weighted by molar-refractivity contribution is 0.881. The number of rotatable bonds is 4. The van der Waals surface area contributed by atoms with Crippen LogP contribution in [0.1, 0.15) is 22.3 Å². The SMILES string of the molecule is Cc1ccc(-c2cc(-c3ccc(C)c(C)c3)n(-c3nc(-c4ccc(Cl)cc4)cs3)n2)cc1C. The number of hydrogen-bond donors (Lipinski definition) is 0. The van der Waals surface area contributed by atoms with Crippen molar-refractivity contribution < 1.29 is 0 Å². The molecule has 0 fully saturated rings. The summed E-state index contributed by atoms with van der Waals surface area (Å²) in [4.78, 5) is 4.92. The van der Waals surface area contributed by atoms with Gasteiger partial charge in [0, 0.05) is 27.1 Å². The lowest BCUT2D eigenvalue weighted by Crippen LogP contribution is -1.99. The van der Waals surface area contributed by atoms with E-state index in [1.807, 2.05) is 28.9 Å². The van der Waals surface area contributed by atoms with Gasteiger partial charge in [0.15, 0.2) is 0 Å². The Labute approximate surface area is 203 Å². The molecule has 0 saturated heterocycles. The number of benzene rings is 3. The molecule has 0 saturated carbocycles. The van der Waals surface area contributed by atoms with Crippen LogP contribution in [0, 0.1) is 27.7 Å². The molecule has 164 valence electrons. The van der Waals surface area contributed by atoms with Crippen molar-refractivity contribution in [1.29, 1.82) is 0 Å². The minimum atomic E-state index is 0.719. The standard InChI is InChI=1S/C28H24ClN3S/c1-17-5-7-22(13-19(17)3)25-15-27(23-8-6-18(2)20(4)14-23)32(31-25)28-30-26(16-33-28)21-9-11-24(29)12-10-21/h5-16H,1-4H3.